The highest BCUT2D eigenvalue weighted by Crippen LogP contribution is 2.38. The molecule has 0 aliphatic rings. The van der Waals surface area contributed by atoms with E-state index in [0.29, 0.717) is 11.7 Å². The second kappa shape index (κ2) is 14.2. The molecule has 0 N–H and O–H groups in total. The minimum atomic E-state index is -3.60. The van der Waals surface area contributed by atoms with Crippen molar-refractivity contribution in [1.29, 1.82) is 0 Å². The maximum absolute atomic E-state index is 13.1. The normalized spacial score (nSPS) is 12.9. The molecule has 0 bridgehead atoms. The smallest absolute Gasteiger partial charge is 0.206 e. The Bertz CT molecular complexity index is 1470. The molecular formula is C36H44O3S2. The van der Waals surface area contributed by atoms with E-state index in [1.54, 1.807) is 48.2 Å². The molecule has 0 aliphatic carbocycles. The Kier molecular flexibility index (Phi) is 11.3. The summed E-state index contributed by atoms with van der Waals surface area (Å²) in [6, 6.07) is 31.5. The standard InChI is InChI=1S/C34H38O3S2.C2H6/c1-7-34(6,27-10-8-26(9-11-27)24(2)3)28-12-16-30(17-13-28)38-31-18-22-33(23-19-31)39(35,36)32-20-14-29(15-21-32)37-25(4)5;1-2/h8-25H,7H2,1-6H3;1-2H3. The molecule has 0 radical (unpaired) electrons. The number of ether oxygens (including phenoxy) is 1. The van der Waals surface area contributed by atoms with Gasteiger partial charge in [-0.3, -0.25) is 0 Å². The van der Waals surface area contributed by atoms with Gasteiger partial charge in [-0.2, -0.15) is 0 Å². The van der Waals surface area contributed by atoms with Crippen LogP contribution in [-0.2, 0) is 15.3 Å². The van der Waals surface area contributed by atoms with Crippen molar-refractivity contribution in [2.45, 2.75) is 98.8 Å². The van der Waals surface area contributed by atoms with Gasteiger partial charge in [0.1, 0.15) is 5.75 Å². The zero-order valence-electron chi connectivity index (χ0n) is 25.6. The monoisotopic (exact) mass is 588 g/mol. The van der Waals surface area contributed by atoms with Gasteiger partial charge in [0.2, 0.25) is 9.84 Å². The summed E-state index contributed by atoms with van der Waals surface area (Å²) in [4.78, 5) is 2.64. The molecule has 218 valence electrons. The maximum atomic E-state index is 13.1. The second-order valence-corrected chi connectivity index (χ2v) is 13.8. The van der Waals surface area contributed by atoms with Gasteiger partial charge in [-0.05, 0) is 104 Å². The van der Waals surface area contributed by atoms with Crippen LogP contribution in [0.3, 0.4) is 0 Å². The summed E-state index contributed by atoms with van der Waals surface area (Å²) in [6.07, 6.45) is 1.04. The van der Waals surface area contributed by atoms with Crippen LogP contribution in [0, 0.1) is 0 Å². The molecular weight excluding hydrogens is 545 g/mol. The first-order valence-corrected chi connectivity index (χ1v) is 16.8. The Balaban J connectivity index is 0.00000226. The summed E-state index contributed by atoms with van der Waals surface area (Å²) in [5.41, 5.74) is 3.91. The van der Waals surface area contributed by atoms with Gasteiger partial charge in [-0.15, -0.1) is 0 Å². The van der Waals surface area contributed by atoms with Crippen molar-refractivity contribution in [3.63, 3.8) is 0 Å². The van der Waals surface area contributed by atoms with Crippen LogP contribution in [0.5, 0.6) is 5.75 Å². The molecule has 4 aromatic carbocycles. The SMILES string of the molecule is CC.CCC(C)(c1ccc(Sc2ccc(S(=O)(=O)c3ccc(OC(C)C)cc3)cc2)cc1)c1ccc(C(C)C)cc1. The van der Waals surface area contributed by atoms with Crippen LogP contribution in [0.1, 0.15) is 84.4 Å². The molecule has 1 unspecified atom stereocenters. The highest BCUT2D eigenvalue weighted by atomic mass is 32.2. The van der Waals surface area contributed by atoms with Gasteiger partial charge in [0, 0.05) is 15.2 Å². The van der Waals surface area contributed by atoms with E-state index in [-0.39, 0.29) is 21.3 Å². The number of sulfone groups is 1. The first-order chi connectivity index (χ1) is 19.5. The van der Waals surface area contributed by atoms with Crippen LogP contribution >= 0.6 is 11.8 Å². The molecule has 1 atom stereocenters. The average Bonchev–Trinajstić information content (AvgIpc) is 2.98. The van der Waals surface area contributed by atoms with Crippen LogP contribution in [0.15, 0.2) is 117 Å². The Hall–Kier alpha value is -3.02. The molecule has 0 aliphatic heterocycles. The van der Waals surface area contributed by atoms with E-state index >= 15 is 0 Å². The average molecular weight is 589 g/mol. The van der Waals surface area contributed by atoms with Gasteiger partial charge in [0.25, 0.3) is 0 Å². The van der Waals surface area contributed by atoms with Gasteiger partial charge >= 0.3 is 0 Å². The van der Waals surface area contributed by atoms with Crippen molar-refractivity contribution >= 4 is 21.6 Å². The molecule has 0 saturated carbocycles. The molecule has 0 aromatic heterocycles. The third-order valence-corrected chi connectivity index (χ3v) is 10.1. The Morgan fingerprint density at radius 1 is 0.683 bits per heavy atom. The molecule has 0 amide bonds. The zero-order chi connectivity index (χ0) is 30.2. The fourth-order valence-corrected chi connectivity index (χ4v) is 6.71. The zero-order valence-corrected chi connectivity index (χ0v) is 27.3. The number of hydrogen-bond acceptors (Lipinski definition) is 4. The molecule has 41 heavy (non-hydrogen) atoms. The molecule has 4 aromatic rings. The van der Waals surface area contributed by atoms with E-state index in [9.17, 15) is 8.42 Å². The largest absolute Gasteiger partial charge is 0.491 e. The van der Waals surface area contributed by atoms with Crippen molar-refractivity contribution in [2.75, 3.05) is 0 Å². The molecule has 5 heteroatoms. The minimum Gasteiger partial charge on any atom is -0.491 e. The molecule has 0 heterocycles. The van der Waals surface area contributed by atoms with Crippen molar-refractivity contribution in [3.05, 3.63) is 114 Å². The Morgan fingerprint density at radius 2 is 1.10 bits per heavy atom. The fraction of sp³-hybridized carbons (Fsp3) is 0.333. The lowest BCUT2D eigenvalue weighted by Crippen LogP contribution is -2.22. The van der Waals surface area contributed by atoms with Gasteiger partial charge < -0.3 is 4.74 Å². The van der Waals surface area contributed by atoms with Gasteiger partial charge in [-0.1, -0.05) is 89.7 Å². The first kappa shape index (κ1) is 32.5. The third kappa shape index (κ3) is 7.84. The van der Waals surface area contributed by atoms with E-state index in [0.717, 1.165) is 16.2 Å². The lowest BCUT2D eigenvalue weighted by Gasteiger charge is -2.30. The van der Waals surface area contributed by atoms with Crippen LogP contribution in [0.4, 0.5) is 0 Å². The number of benzene rings is 4. The van der Waals surface area contributed by atoms with Crippen molar-refractivity contribution < 1.29 is 13.2 Å². The number of rotatable bonds is 10. The predicted molar refractivity (Wildman–Crippen MR) is 173 cm³/mol. The first-order valence-electron chi connectivity index (χ1n) is 14.5. The van der Waals surface area contributed by atoms with Crippen LogP contribution in [0.25, 0.3) is 0 Å². The van der Waals surface area contributed by atoms with Crippen molar-refractivity contribution in [2.24, 2.45) is 0 Å². The second-order valence-electron chi connectivity index (χ2n) is 10.7. The maximum Gasteiger partial charge on any atom is 0.206 e. The topological polar surface area (TPSA) is 43.4 Å². The van der Waals surface area contributed by atoms with Crippen LogP contribution in [-0.4, -0.2) is 14.5 Å². The molecule has 0 spiro atoms. The van der Waals surface area contributed by atoms with Gasteiger partial charge in [0.15, 0.2) is 0 Å². The summed E-state index contributed by atoms with van der Waals surface area (Å²) in [6.45, 7) is 16.9. The highest BCUT2D eigenvalue weighted by Gasteiger charge is 2.27. The Morgan fingerprint density at radius 3 is 1.51 bits per heavy atom. The summed E-state index contributed by atoms with van der Waals surface area (Å²) in [5, 5.41) is 0. The summed E-state index contributed by atoms with van der Waals surface area (Å²) < 4.78 is 31.9. The number of hydrogen-bond donors (Lipinski definition) is 0. The van der Waals surface area contributed by atoms with E-state index in [1.807, 2.05) is 39.8 Å². The minimum absolute atomic E-state index is 0.0341. The third-order valence-electron chi connectivity index (χ3n) is 7.29. The van der Waals surface area contributed by atoms with E-state index in [2.05, 4.69) is 76.2 Å². The van der Waals surface area contributed by atoms with E-state index in [4.69, 9.17) is 4.74 Å². The summed E-state index contributed by atoms with van der Waals surface area (Å²) in [5.74, 6) is 1.18. The van der Waals surface area contributed by atoms with Gasteiger partial charge in [-0.25, -0.2) is 8.42 Å². The molecule has 3 nitrogen and oxygen atoms in total. The highest BCUT2D eigenvalue weighted by molar-refractivity contribution is 7.99. The van der Waals surface area contributed by atoms with E-state index < -0.39 is 9.84 Å². The van der Waals surface area contributed by atoms with Crippen LogP contribution < -0.4 is 4.74 Å². The van der Waals surface area contributed by atoms with E-state index in [1.165, 1.54) is 16.7 Å². The lowest BCUT2D eigenvalue weighted by atomic mass is 9.74. The van der Waals surface area contributed by atoms with Crippen molar-refractivity contribution in [1.82, 2.24) is 0 Å². The lowest BCUT2D eigenvalue weighted by molar-refractivity contribution is 0.242. The summed E-state index contributed by atoms with van der Waals surface area (Å²) >= 11 is 1.63. The molecule has 4 rings (SSSR count). The quantitative estimate of drug-likeness (QED) is 0.185. The van der Waals surface area contributed by atoms with Gasteiger partial charge in [0.05, 0.1) is 15.9 Å². The fourth-order valence-electron chi connectivity index (χ4n) is 4.63. The summed E-state index contributed by atoms with van der Waals surface area (Å²) in [7, 11) is -3.60. The predicted octanol–water partition coefficient (Wildman–Crippen LogP) is 10.3. The molecule has 0 fully saturated rings. The van der Waals surface area contributed by atoms with Crippen LogP contribution in [0.2, 0.25) is 0 Å². The Labute approximate surface area is 252 Å². The molecule has 0 saturated heterocycles. The van der Waals surface area contributed by atoms with Crippen molar-refractivity contribution in [3.8, 4) is 5.75 Å².